The summed E-state index contributed by atoms with van der Waals surface area (Å²) < 4.78 is 12.3. The molecule has 1 aliphatic heterocycles. The van der Waals surface area contributed by atoms with Crippen molar-refractivity contribution in [2.24, 2.45) is 0 Å². The minimum Gasteiger partial charge on any atom is -0.481 e. The number of aromatic nitrogens is 3. The maximum Gasteiger partial charge on any atom is 0.343 e. The Hall–Kier alpha value is -3.14. The highest BCUT2D eigenvalue weighted by Crippen LogP contribution is 2.27. The number of hydrogen-bond acceptors (Lipinski definition) is 6. The summed E-state index contributed by atoms with van der Waals surface area (Å²) in [6.45, 7) is 4.52. The number of hydrogen-bond donors (Lipinski definition) is 0. The fourth-order valence-electron chi connectivity index (χ4n) is 3.48. The molecule has 0 unspecified atom stereocenters. The largest absolute Gasteiger partial charge is 0.481 e. The summed E-state index contributed by atoms with van der Waals surface area (Å²) in [5.74, 6) is 1.80. The molecule has 0 saturated carbocycles. The lowest BCUT2D eigenvalue weighted by atomic mass is 10.0. The first-order valence-corrected chi connectivity index (χ1v) is 9.38. The standard InChI is InChI=1S/C21H24N4O3/c1-14-9-16(10-15(2)20(14)28-13-19(26)27-3)11-17(12-22)21-24-23-18-7-5-4-6-8-25(18)21/h9-11H,4-8,13H2,1-3H3/b17-11-. The van der Waals surface area contributed by atoms with Crippen LogP contribution < -0.4 is 4.74 Å². The highest BCUT2D eigenvalue weighted by atomic mass is 16.6. The zero-order valence-electron chi connectivity index (χ0n) is 16.5. The number of aryl methyl sites for hydroxylation is 3. The Bertz CT molecular complexity index is 930. The number of fused-ring (bicyclic) bond motifs is 1. The topological polar surface area (TPSA) is 90.0 Å². The van der Waals surface area contributed by atoms with Gasteiger partial charge in [-0.05, 0) is 61.6 Å². The summed E-state index contributed by atoms with van der Waals surface area (Å²) in [7, 11) is 1.33. The lowest BCUT2D eigenvalue weighted by Crippen LogP contribution is -2.13. The number of allylic oxidation sites excluding steroid dienone is 1. The van der Waals surface area contributed by atoms with Crippen LogP contribution in [-0.4, -0.2) is 34.5 Å². The van der Waals surface area contributed by atoms with E-state index in [1.54, 1.807) is 0 Å². The molecule has 1 aromatic carbocycles. The second-order valence-electron chi connectivity index (χ2n) is 6.92. The van der Waals surface area contributed by atoms with E-state index in [-0.39, 0.29) is 6.61 Å². The lowest BCUT2D eigenvalue weighted by Gasteiger charge is -2.12. The molecule has 0 spiro atoms. The lowest BCUT2D eigenvalue weighted by molar-refractivity contribution is -0.142. The smallest absolute Gasteiger partial charge is 0.343 e. The predicted molar refractivity (Wildman–Crippen MR) is 104 cm³/mol. The molecule has 7 nitrogen and oxygen atoms in total. The number of benzene rings is 1. The SMILES string of the molecule is COC(=O)COc1c(C)cc(/C=C(/C#N)c2nnc3n2CCCCC3)cc1C. The van der Waals surface area contributed by atoms with E-state index in [0.29, 0.717) is 17.1 Å². The Balaban J connectivity index is 1.91. The third kappa shape index (κ3) is 4.22. The number of rotatable bonds is 5. The molecule has 1 aliphatic rings. The number of carbonyl (C=O) groups excluding carboxylic acids is 1. The van der Waals surface area contributed by atoms with Crippen molar-refractivity contribution < 1.29 is 14.3 Å². The molecule has 0 amide bonds. The van der Waals surface area contributed by atoms with Crippen LogP contribution >= 0.6 is 0 Å². The maximum atomic E-state index is 11.3. The van der Waals surface area contributed by atoms with Crippen molar-refractivity contribution in [1.29, 1.82) is 5.26 Å². The quantitative estimate of drug-likeness (QED) is 0.584. The van der Waals surface area contributed by atoms with Crippen LogP contribution in [-0.2, 0) is 22.5 Å². The van der Waals surface area contributed by atoms with Crippen LogP contribution in [0.25, 0.3) is 11.6 Å². The van der Waals surface area contributed by atoms with Gasteiger partial charge in [0.25, 0.3) is 0 Å². The summed E-state index contributed by atoms with van der Waals surface area (Å²) >= 11 is 0. The van der Waals surface area contributed by atoms with Crippen LogP contribution in [0.5, 0.6) is 5.75 Å². The normalized spacial score (nSPS) is 14.0. The second-order valence-corrected chi connectivity index (χ2v) is 6.92. The molecule has 0 fully saturated rings. The molecule has 0 atom stereocenters. The van der Waals surface area contributed by atoms with E-state index in [4.69, 9.17) is 4.74 Å². The molecular formula is C21H24N4O3. The number of ether oxygens (including phenoxy) is 2. The van der Waals surface area contributed by atoms with Crippen LogP contribution in [0.3, 0.4) is 0 Å². The molecule has 146 valence electrons. The van der Waals surface area contributed by atoms with Gasteiger partial charge in [-0.25, -0.2) is 4.79 Å². The van der Waals surface area contributed by atoms with Crippen molar-refractivity contribution in [3.63, 3.8) is 0 Å². The van der Waals surface area contributed by atoms with Crippen molar-refractivity contribution in [1.82, 2.24) is 14.8 Å². The van der Waals surface area contributed by atoms with Gasteiger partial charge in [-0.1, -0.05) is 6.42 Å². The molecule has 28 heavy (non-hydrogen) atoms. The summed E-state index contributed by atoms with van der Waals surface area (Å²) in [6.07, 6.45) is 6.07. The van der Waals surface area contributed by atoms with E-state index in [2.05, 4.69) is 25.6 Å². The zero-order chi connectivity index (χ0) is 20.1. The van der Waals surface area contributed by atoms with Crippen molar-refractivity contribution >= 4 is 17.6 Å². The van der Waals surface area contributed by atoms with E-state index >= 15 is 0 Å². The van der Waals surface area contributed by atoms with Gasteiger partial charge in [0.15, 0.2) is 12.4 Å². The first-order valence-electron chi connectivity index (χ1n) is 9.38. The minimum atomic E-state index is -0.429. The number of methoxy groups -OCH3 is 1. The third-order valence-corrected chi connectivity index (χ3v) is 4.83. The van der Waals surface area contributed by atoms with Gasteiger partial charge in [-0.15, -0.1) is 10.2 Å². The zero-order valence-corrected chi connectivity index (χ0v) is 16.5. The Kier molecular flexibility index (Phi) is 6.09. The minimum absolute atomic E-state index is 0.136. The van der Waals surface area contributed by atoms with Gasteiger partial charge in [0.1, 0.15) is 17.6 Å². The van der Waals surface area contributed by atoms with Crippen molar-refractivity contribution in [2.75, 3.05) is 13.7 Å². The van der Waals surface area contributed by atoms with Crippen molar-refractivity contribution in [3.05, 3.63) is 40.5 Å². The second kappa shape index (κ2) is 8.70. The first-order chi connectivity index (χ1) is 13.5. The summed E-state index contributed by atoms with van der Waals surface area (Å²) in [4.78, 5) is 11.3. The van der Waals surface area contributed by atoms with Crippen LogP contribution in [0, 0.1) is 25.2 Å². The Morgan fingerprint density at radius 1 is 1.25 bits per heavy atom. The number of esters is 1. The first kappa shape index (κ1) is 19.6. The molecule has 0 N–H and O–H groups in total. The average Bonchev–Trinajstić information content (AvgIpc) is 2.92. The van der Waals surface area contributed by atoms with Crippen molar-refractivity contribution in [3.8, 4) is 11.8 Å². The highest BCUT2D eigenvalue weighted by molar-refractivity contribution is 5.87. The van der Waals surface area contributed by atoms with E-state index in [1.165, 1.54) is 13.5 Å². The number of carbonyl (C=O) groups is 1. The molecule has 0 saturated heterocycles. The molecule has 3 rings (SSSR count). The van der Waals surface area contributed by atoms with E-state index < -0.39 is 5.97 Å². The Labute approximate surface area is 164 Å². The monoisotopic (exact) mass is 380 g/mol. The Morgan fingerprint density at radius 3 is 2.68 bits per heavy atom. The molecule has 2 aromatic rings. The number of nitriles is 1. The van der Waals surface area contributed by atoms with Gasteiger partial charge in [-0.3, -0.25) is 0 Å². The summed E-state index contributed by atoms with van der Waals surface area (Å²) in [6, 6.07) is 6.12. The number of nitrogens with zero attached hydrogens (tertiary/aromatic N) is 4. The van der Waals surface area contributed by atoms with Crippen molar-refractivity contribution in [2.45, 2.75) is 46.1 Å². The molecule has 1 aromatic heterocycles. The molecule has 7 heteroatoms. The van der Waals surface area contributed by atoms with Gasteiger partial charge >= 0.3 is 5.97 Å². The van der Waals surface area contributed by atoms with E-state index in [9.17, 15) is 10.1 Å². The third-order valence-electron chi connectivity index (χ3n) is 4.83. The van der Waals surface area contributed by atoms with Gasteiger partial charge in [0.05, 0.1) is 12.7 Å². The highest BCUT2D eigenvalue weighted by Gasteiger charge is 2.18. The van der Waals surface area contributed by atoms with E-state index in [0.717, 1.165) is 48.3 Å². The average molecular weight is 380 g/mol. The molecular weight excluding hydrogens is 356 g/mol. The maximum absolute atomic E-state index is 11.3. The molecule has 0 aliphatic carbocycles. The van der Waals surface area contributed by atoms with Crippen LogP contribution in [0.15, 0.2) is 12.1 Å². The van der Waals surface area contributed by atoms with Gasteiger partial charge in [0, 0.05) is 13.0 Å². The Morgan fingerprint density at radius 2 is 2.00 bits per heavy atom. The molecule has 2 heterocycles. The fourth-order valence-corrected chi connectivity index (χ4v) is 3.48. The fraction of sp³-hybridized carbons (Fsp3) is 0.429. The molecule has 0 radical (unpaired) electrons. The van der Waals surface area contributed by atoms with E-state index in [1.807, 2.05) is 32.1 Å². The van der Waals surface area contributed by atoms with Crippen LogP contribution in [0.1, 0.15) is 47.6 Å². The summed E-state index contributed by atoms with van der Waals surface area (Å²) in [5.41, 5.74) is 3.13. The summed E-state index contributed by atoms with van der Waals surface area (Å²) in [5, 5.41) is 18.3. The van der Waals surface area contributed by atoms with Crippen LogP contribution in [0.2, 0.25) is 0 Å². The van der Waals surface area contributed by atoms with Gasteiger partial charge < -0.3 is 14.0 Å². The van der Waals surface area contributed by atoms with Gasteiger partial charge in [-0.2, -0.15) is 5.26 Å². The van der Waals surface area contributed by atoms with Crippen LogP contribution in [0.4, 0.5) is 0 Å². The predicted octanol–water partition coefficient (Wildman–Crippen LogP) is 3.24. The van der Waals surface area contributed by atoms with Gasteiger partial charge in [0.2, 0.25) is 0 Å². The molecule has 0 bridgehead atoms.